The van der Waals surface area contributed by atoms with Crippen LogP contribution in [0.3, 0.4) is 0 Å². The van der Waals surface area contributed by atoms with Gasteiger partial charge in [-0.2, -0.15) is 0 Å². The summed E-state index contributed by atoms with van der Waals surface area (Å²) >= 11 is 0.199. The molecule has 0 saturated carbocycles. The van der Waals surface area contributed by atoms with Crippen LogP contribution >= 0.6 is 0 Å². The van der Waals surface area contributed by atoms with E-state index < -0.39 is 0 Å². The van der Waals surface area contributed by atoms with Crippen molar-refractivity contribution in [2.45, 2.75) is 20.8 Å². The second kappa shape index (κ2) is 2.11. The van der Waals surface area contributed by atoms with Crippen molar-refractivity contribution < 1.29 is 0 Å². The van der Waals surface area contributed by atoms with Crippen LogP contribution < -0.4 is 0 Å². The monoisotopic (exact) mass is 170 g/mol. The van der Waals surface area contributed by atoms with Crippen molar-refractivity contribution in [1.29, 1.82) is 0 Å². The van der Waals surface area contributed by atoms with Crippen LogP contribution in [0.1, 0.15) is 20.8 Å². The normalized spacial score (nSPS) is 22.6. The van der Waals surface area contributed by atoms with Gasteiger partial charge in [-0.05, 0) is 0 Å². The van der Waals surface area contributed by atoms with Gasteiger partial charge in [0.2, 0.25) is 0 Å². The summed E-state index contributed by atoms with van der Waals surface area (Å²) in [4.78, 5) is 2.41. The molecule has 0 aromatic heterocycles. The second-order valence-corrected chi connectivity index (χ2v) is 5.01. The first-order chi connectivity index (χ1) is 3.72. The Bertz CT molecular complexity index is 158. The molecule has 1 aliphatic rings. The van der Waals surface area contributed by atoms with Gasteiger partial charge in [0.05, 0.1) is 0 Å². The maximum atomic E-state index is 2.41. The van der Waals surface area contributed by atoms with Gasteiger partial charge in [-0.1, -0.05) is 0 Å². The predicted molar refractivity (Wildman–Crippen MR) is 39.3 cm³/mol. The molecule has 0 saturated heterocycles. The molecule has 0 radical (unpaired) electrons. The van der Waals surface area contributed by atoms with Crippen LogP contribution in [0.5, 0.6) is 0 Å². The van der Waals surface area contributed by atoms with Gasteiger partial charge in [-0.3, -0.25) is 0 Å². The molecule has 0 amide bonds. The molecule has 1 atom stereocenters. The predicted octanol–water partition coefficient (Wildman–Crippen LogP) is 1.63. The molecule has 0 aliphatic carbocycles. The molecule has 0 nitrogen and oxygen atoms in total. The van der Waals surface area contributed by atoms with Gasteiger partial charge < -0.3 is 0 Å². The average molecular weight is 170 g/mol. The minimum absolute atomic E-state index is 0.199. The van der Waals surface area contributed by atoms with E-state index in [1.807, 2.05) is 0 Å². The van der Waals surface area contributed by atoms with Gasteiger partial charge in [-0.25, -0.2) is 0 Å². The molecule has 0 bridgehead atoms. The molecular formula is C7H11As. The van der Waals surface area contributed by atoms with Crippen LogP contribution in [0, 0.1) is 0 Å². The molecule has 1 heteroatoms. The molecule has 1 rings (SSSR count). The van der Waals surface area contributed by atoms with E-state index in [9.17, 15) is 0 Å². The summed E-state index contributed by atoms with van der Waals surface area (Å²) in [6, 6.07) is 0. The molecular weight excluding hydrogens is 159 g/mol. The molecule has 0 fully saturated rings. The van der Waals surface area contributed by atoms with Crippen LogP contribution in [-0.2, 0) is 0 Å². The summed E-state index contributed by atoms with van der Waals surface area (Å²) in [5.74, 6) is 0. The third-order valence-corrected chi connectivity index (χ3v) is 4.57. The van der Waals surface area contributed by atoms with Crippen molar-refractivity contribution in [3.63, 3.8) is 0 Å². The second-order valence-electron chi connectivity index (χ2n) is 2.22. The number of hydrogen-bond donors (Lipinski definition) is 0. The van der Waals surface area contributed by atoms with Crippen molar-refractivity contribution in [3.8, 4) is 0 Å². The molecule has 1 heterocycles. The van der Waals surface area contributed by atoms with E-state index in [1.54, 1.807) is 9.93 Å². The fourth-order valence-electron chi connectivity index (χ4n) is 0.729. The molecule has 8 heavy (non-hydrogen) atoms. The van der Waals surface area contributed by atoms with Crippen molar-refractivity contribution >= 4 is 15.8 Å². The Balaban J connectivity index is 2.88. The van der Waals surface area contributed by atoms with Crippen LogP contribution in [0.15, 0.2) is 20.4 Å². The van der Waals surface area contributed by atoms with Crippen molar-refractivity contribution in [2.24, 2.45) is 0 Å². The number of hydrogen-bond acceptors (Lipinski definition) is 0. The van der Waals surface area contributed by atoms with Crippen LogP contribution in [-0.4, -0.2) is 15.8 Å². The van der Waals surface area contributed by atoms with Crippen molar-refractivity contribution in [3.05, 3.63) is 20.4 Å². The fourth-order valence-corrected chi connectivity index (χ4v) is 2.96. The average Bonchev–Trinajstić information content (AvgIpc) is 1.98. The number of allylic oxidation sites excluding steroid dienone is 3. The van der Waals surface area contributed by atoms with Crippen molar-refractivity contribution in [2.75, 3.05) is 0 Å². The van der Waals surface area contributed by atoms with E-state index in [0.717, 1.165) is 0 Å². The van der Waals surface area contributed by atoms with Gasteiger partial charge in [0, 0.05) is 0 Å². The third-order valence-electron chi connectivity index (χ3n) is 1.66. The van der Waals surface area contributed by atoms with E-state index in [-0.39, 0.29) is 15.8 Å². The first-order valence-corrected chi connectivity index (χ1v) is 5.09. The molecule has 0 spiro atoms. The summed E-state index contributed by atoms with van der Waals surface area (Å²) in [6.07, 6.45) is 0. The Labute approximate surface area is 57.4 Å². The Morgan fingerprint density at radius 3 is 2.00 bits per heavy atom. The Kier molecular flexibility index (Phi) is 1.62. The maximum absolute atomic E-state index is 2.41. The van der Waals surface area contributed by atoms with E-state index >= 15 is 0 Å². The zero-order valence-corrected chi connectivity index (χ0v) is 7.68. The standard InChI is InChI=1S/C7H11As/c1-5-4-8-7(3)6(5)2/h4,8H,1-3H3. The van der Waals surface area contributed by atoms with Crippen LogP contribution in [0.4, 0.5) is 0 Å². The van der Waals surface area contributed by atoms with Gasteiger partial charge >= 0.3 is 56.9 Å². The van der Waals surface area contributed by atoms with E-state index in [0.29, 0.717) is 0 Å². The van der Waals surface area contributed by atoms with Gasteiger partial charge in [0.25, 0.3) is 0 Å². The molecule has 0 N–H and O–H groups in total. The number of rotatable bonds is 0. The molecule has 0 aromatic rings. The summed E-state index contributed by atoms with van der Waals surface area (Å²) in [7, 11) is 0. The van der Waals surface area contributed by atoms with E-state index in [2.05, 4.69) is 25.6 Å². The third kappa shape index (κ3) is 0.902. The summed E-state index contributed by atoms with van der Waals surface area (Å²) in [5, 5.41) is 0. The Hall–Kier alpha value is 0.0384. The Morgan fingerprint density at radius 1 is 1.25 bits per heavy atom. The molecule has 1 aliphatic heterocycles. The zero-order chi connectivity index (χ0) is 6.15. The van der Waals surface area contributed by atoms with Gasteiger partial charge in [0.1, 0.15) is 0 Å². The summed E-state index contributed by atoms with van der Waals surface area (Å²) in [6.45, 7) is 6.68. The SMILES string of the molecule is CC1=C[AsH]C(C)=C1C. The van der Waals surface area contributed by atoms with Gasteiger partial charge in [0.15, 0.2) is 0 Å². The van der Waals surface area contributed by atoms with Gasteiger partial charge in [-0.15, -0.1) is 0 Å². The Morgan fingerprint density at radius 2 is 1.88 bits per heavy atom. The van der Waals surface area contributed by atoms with E-state index in [4.69, 9.17) is 0 Å². The van der Waals surface area contributed by atoms with Crippen LogP contribution in [0.2, 0.25) is 0 Å². The zero-order valence-electron chi connectivity index (χ0n) is 5.58. The first-order valence-electron chi connectivity index (χ1n) is 2.83. The summed E-state index contributed by atoms with van der Waals surface area (Å²) < 4.78 is 1.66. The molecule has 44 valence electrons. The van der Waals surface area contributed by atoms with E-state index in [1.165, 1.54) is 5.57 Å². The molecule has 1 unspecified atom stereocenters. The topological polar surface area (TPSA) is 0 Å². The van der Waals surface area contributed by atoms with Crippen LogP contribution in [0.25, 0.3) is 0 Å². The quantitative estimate of drug-likeness (QED) is 0.485. The minimum atomic E-state index is 0.199. The molecule has 0 aromatic carbocycles. The summed E-state index contributed by atoms with van der Waals surface area (Å²) in [5.41, 5.74) is 3.06. The first kappa shape index (κ1) is 6.16. The fraction of sp³-hybridized carbons (Fsp3) is 0.429. The van der Waals surface area contributed by atoms with Crippen molar-refractivity contribution in [1.82, 2.24) is 0 Å².